The van der Waals surface area contributed by atoms with Crippen LogP contribution in [-0.2, 0) is 9.59 Å². The van der Waals surface area contributed by atoms with Crippen LogP contribution in [0.3, 0.4) is 0 Å². The molecule has 0 unspecified atom stereocenters. The summed E-state index contributed by atoms with van der Waals surface area (Å²) in [5.74, 6) is -0.626. The Morgan fingerprint density at radius 3 is 2.70 bits per heavy atom. The summed E-state index contributed by atoms with van der Waals surface area (Å²) in [6.07, 6.45) is 2.55. The molecule has 0 radical (unpaired) electrons. The van der Waals surface area contributed by atoms with Gasteiger partial charge in [0.1, 0.15) is 5.75 Å². The van der Waals surface area contributed by atoms with Crippen LogP contribution in [0.2, 0.25) is 0 Å². The summed E-state index contributed by atoms with van der Waals surface area (Å²) in [4.78, 5) is 33.6. The molecular formula is C18H16BrN3O5. The summed E-state index contributed by atoms with van der Waals surface area (Å²) < 4.78 is 6.08. The quantitative estimate of drug-likeness (QED) is 0.413. The largest absolute Gasteiger partial charge is 0.483 e. The SMILES string of the molecule is Cc1ccc(OCC(=O)NNC(=O)/C=C/c2cccc([N+](=O)[O-])c2)c(Br)c1. The average molecular weight is 434 g/mol. The van der Waals surface area contributed by atoms with Gasteiger partial charge in [-0.1, -0.05) is 18.2 Å². The monoisotopic (exact) mass is 433 g/mol. The number of hydrogen-bond acceptors (Lipinski definition) is 5. The van der Waals surface area contributed by atoms with E-state index >= 15 is 0 Å². The van der Waals surface area contributed by atoms with Gasteiger partial charge in [-0.05, 0) is 52.2 Å². The van der Waals surface area contributed by atoms with E-state index in [4.69, 9.17) is 4.74 Å². The van der Waals surface area contributed by atoms with Crippen molar-refractivity contribution in [3.05, 3.63) is 74.3 Å². The van der Waals surface area contributed by atoms with E-state index in [-0.39, 0.29) is 12.3 Å². The Kier molecular flexibility index (Phi) is 7.07. The predicted molar refractivity (Wildman–Crippen MR) is 103 cm³/mol. The molecule has 2 rings (SSSR count). The molecule has 140 valence electrons. The Balaban J connectivity index is 1.80. The van der Waals surface area contributed by atoms with E-state index < -0.39 is 16.7 Å². The van der Waals surface area contributed by atoms with Crippen LogP contribution in [0.25, 0.3) is 6.08 Å². The molecule has 27 heavy (non-hydrogen) atoms. The second-order valence-corrected chi connectivity index (χ2v) is 6.30. The second-order valence-electron chi connectivity index (χ2n) is 5.45. The number of hydrogen-bond donors (Lipinski definition) is 2. The highest BCUT2D eigenvalue weighted by molar-refractivity contribution is 9.10. The van der Waals surface area contributed by atoms with Crippen molar-refractivity contribution < 1.29 is 19.2 Å². The summed E-state index contributed by atoms with van der Waals surface area (Å²) in [6.45, 7) is 1.65. The van der Waals surface area contributed by atoms with Gasteiger partial charge >= 0.3 is 0 Å². The van der Waals surface area contributed by atoms with Crippen molar-refractivity contribution in [2.45, 2.75) is 6.92 Å². The molecule has 0 spiro atoms. The first-order chi connectivity index (χ1) is 12.8. The molecule has 0 atom stereocenters. The number of aryl methyl sites for hydroxylation is 1. The zero-order chi connectivity index (χ0) is 19.8. The molecule has 0 heterocycles. The van der Waals surface area contributed by atoms with Gasteiger partial charge < -0.3 is 4.74 Å². The topological polar surface area (TPSA) is 111 Å². The molecule has 9 heteroatoms. The first kappa shape index (κ1) is 20.1. The highest BCUT2D eigenvalue weighted by Crippen LogP contribution is 2.25. The van der Waals surface area contributed by atoms with Gasteiger partial charge in [-0.2, -0.15) is 0 Å². The summed E-state index contributed by atoms with van der Waals surface area (Å²) in [5.41, 5.74) is 5.86. The van der Waals surface area contributed by atoms with Crippen molar-refractivity contribution in [1.29, 1.82) is 0 Å². The highest BCUT2D eigenvalue weighted by atomic mass is 79.9. The minimum atomic E-state index is -0.591. The normalized spacial score (nSPS) is 10.4. The van der Waals surface area contributed by atoms with Crippen molar-refractivity contribution >= 4 is 39.5 Å². The van der Waals surface area contributed by atoms with Gasteiger partial charge in [0.25, 0.3) is 17.5 Å². The standard InChI is InChI=1S/C18H16BrN3O5/c1-12-5-7-16(15(19)9-12)27-11-18(24)21-20-17(23)8-6-13-3-2-4-14(10-13)22(25)26/h2-10H,11H2,1H3,(H,20,23)(H,21,24)/b8-6+. The lowest BCUT2D eigenvalue weighted by Gasteiger charge is -2.09. The number of carbonyl (C=O) groups is 2. The molecule has 0 fully saturated rings. The van der Waals surface area contributed by atoms with Gasteiger partial charge in [0.15, 0.2) is 6.61 Å². The van der Waals surface area contributed by atoms with E-state index in [1.54, 1.807) is 12.1 Å². The van der Waals surface area contributed by atoms with Crippen LogP contribution in [0, 0.1) is 17.0 Å². The van der Waals surface area contributed by atoms with Crippen LogP contribution in [0.1, 0.15) is 11.1 Å². The third kappa shape index (κ3) is 6.55. The molecule has 2 amide bonds. The van der Waals surface area contributed by atoms with Crippen molar-refractivity contribution in [3.8, 4) is 5.75 Å². The number of non-ortho nitro benzene ring substituents is 1. The fourth-order valence-corrected chi connectivity index (χ4v) is 2.60. The molecule has 2 aromatic rings. The number of carbonyl (C=O) groups excluding carboxylic acids is 2. The summed E-state index contributed by atoms with van der Waals surface area (Å²) in [7, 11) is 0. The Bertz CT molecular complexity index is 898. The minimum Gasteiger partial charge on any atom is -0.483 e. The lowest BCUT2D eigenvalue weighted by molar-refractivity contribution is -0.384. The number of nitro groups is 1. The summed E-state index contributed by atoms with van der Waals surface area (Å²) in [6, 6.07) is 11.2. The first-order valence-electron chi connectivity index (χ1n) is 7.75. The van der Waals surface area contributed by atoms with Gasteiger partial charge in [-0.15, -0.1) is 0 Å². The number of benzene rings is 2. The maximum absolute atomic E-state index is 11.7. The fraction of sp³-hybridized carbons (Fsp3) is 0.111. The van der Waals surface area contributed by atoms with Crippen LogP contribution < -0.4 is 15.6 Å². The molecule has 8 nitrogen and oxygen atoms in total. The van der Waals surface area contributed by atoms with E-state index in [2.05, 4.69) is 26.8 Å². The van der Waals surface area contributed by atoms with Gasteiger partial charge in [0, 0.05) is 18.2 Å². The van der Waals surface area contributed by atoms with Gasteiger partial charge in [-0.3, -0.25) is 30.6 Å². The van der Waals surface area contributed by atoms with Crippen LogP contribution in [0.15, 0.2) is 53.0 Å². The Labute approximate surface area is 163 Å². The Hall–Kier alpha value is -3.20. The van der Waals surface area contributed by atoms with E-state index in [1.165, 1.54) is 24.3 Å². The summed E-state index contributed by atoms with van der Waals surface area (Å²) >= 11 is 3.34. The van der Waals surface area contributed by atoms with Gasteiger partial charge in [0.2, 0.25) is 0 Å². The predicted octanol–water partition coefficient (Wildman–Crippen LogP) is 2.91. The third-order valence-corrected chi connectivity index (χ3v) is 3.90. The molecule has 2 N–H and O–H groups in total. The van der Waals surface area contributed by atoms with E-state index in [9.17, 15) is 19.7 Å². The number of hydrazine groups is 1. The van der Waals surface area contributed by atoms with E-state index in [1.807, 2.05) is 19.1 Å². The van der Waals surface area contributed by atoms with Gasteiger partial charge in [-0.25, -0.2) is 0 Å². The maximum Gasteiger partial charge on any atom is 0.276 e. The zero-order valence-electron chi connectivity index (χ0n) is 14.3. The Morgan fingerprint density at radius 1 is 1.22 bits per heavy atom. The maximum atomic E-state index is 11.7. The number of ether oxygens (including phenoxy) is 1. The number of nitrogens with zero attached hydrogens (tertiary/aromatic N) is 1. The number of amides is 2. The molecule has 0 saturated carbocycles. The van der Waals surface area contributed by atoms with E-state index in [0.717, 1.165) is 16.1 Å². The number of rotatable bonds is 6. The lowest BCUT2D eigenvalue weighted by atomic mass is 10.2. The van der Waals surface area contributed by atoms with Crippen molar-refractivity contribution in [3.63, 3.8) is 0 Å². The van der Waals surface area contributed by atoms with E-state index in [0.29, 0.717) is 11.3 Å². The minimum absolute atomic E-state index is 0.0784. The smallest absolute Gasteiger partial charge is 0.276 e. The van der Waals surface area contributed by atoms with Crippen LogP contribution >= 0.6 is 15.9 Å². The molecule has 0 aromatic heterocycles. The molecule has 0 aliphatic heterocycles. The fourth-order valence-electron chi connectivity index (χ4n) is 1.99. The number of halogens is 1. The highest BCUT2D eigenvalue weighted by Gasteiger charge is 2.07. The van der Waals surface area contributed by atoms with Crippen LogP contribution in [0.5, 0.6) is 5.75 Å². The third-order valence-electron chi connectivity index (χ3n) is 3.28. The number of nitrogens with one attached hydrogen (secondary N) is 2. The zero-order valence-corrected chi connectivity index (χ0v) is 15.9. The number of nitro benzene ring substituents is 1. The van der Waals surface area contributed by atoms with Crippen molar-refractivity contribution in [2.75, 3.05) is 6.61 Å². The Morgan fingerprint density at radius 2 is 2.00 bits per heavy atom. The first-order valence-corrected chi connectivity index (χ1v) is 8.55. The molecule has 0 aliphatic carbocycles. The van der Waals surface area contributed by atoms with Crippen LogP contribution in [-0.4, -0.2) is 23.3 Å². The molecule has 2 aromatic carbocycles. The van der Waals surface area contributed by atoms with Gasteiger partial charge in [0.05, 0.1) is 9.40 Å². The molecular weight excluding hydrogens is 418 g/mol. The molecule has 0 aliphatic rings. The van der Waals surface area contributed by atoms with Crippen molar-refractivity contribution in [2.24, 2.45) is 0 Å². The lowest BCUT2D eigenvalue weighted by Crippen LogP contribution is -2.43. The second kappa shape index (κ2) is 9.48. The summed E-state index contributed by atoms with van der Waals surface area (Å²) in [5, 5.41) is 10.7. The molecule has 0 bridgehead atoms. The van der Waals surface area contributed by atoms with Crippen molar-refractivity contribution in [1.82, 2.24) is 10.9 Å². The molecule has 0 saturated heterocycles. The van der Waals surface area contributed by atoms with Crippen LogP contribution in [0.4, 0.5) is 5.69 Å². The average Bonchev–Trinajstić information content (AvgIpc) is 2.64.